The van der Waals surface area contributed by atoms with Crippen LogP contribution < -0.4 is 16.2 Å². The molecule has 2 aliphatic rings. The Bertz CT molecular complexity index is 675. The van der Waals surface area contributed by atoms with Crippen molar-refractivity contribution in [3.05, 3.63) is 33.7 Å². The predicted molar refractivity (Wildman–Crippen MR) is 89.1 cm³/mol. The molecule has 0 bridgehead atoms. The number of pyridine rings is 1. The quantitative estimate of drug-likeness (QED) is 0.613. The fourth-order valence-electron chi connectivity index (χ4n) is 3.74. The molecule has 2 aliphatic heterocycles. The van der Waals surface area contributed by atoms with Crippen LogP contribution in [0.15, 0.2) is 16.9 Å². The molecule has 1 aromatic heterocycles. The van der Waals surface area contributed by atoms with E-state index in [1.165, 1.54) is 6.07 Å². The van der Waals surface area contributed by atoms with Gasteiger partial charge in [0, 0.05) is 12.3 Å². The van der Waals surface area contributed by atoms with Crippen molar-refractivity contribution in [3.8, 4) is 0 Å². The average molecular weight is 335 g/mol. The van der Waals surface area contributed by atoms with Crippen molar-refractivity contribution < 1.29 is 14.6 Å². The Kier molecular flexibility index (Phi) is 4.50. The molecule has 3 rings (SSSR count). The molecule has 1 amide bonds. The zero-order valence-electron chi connectivity index (χ0n) is 14.1. The van der Waals surface area contributed by atoms with E-state index in [9.17, 15) is 14.7 Å². The fourth-order valence-corrected chi connectivity index (χ4v) is 3.74. The lowest BCUT2D eigenvalue weighted by molar-refractivity contribution is -0.197. The number of aromatic amines is 1. The second-order valence-corrected chi connectivity index (χ2v) is 7.07. The molecule has 1 spiro atoms. The van der Waals surface area contributed by atoms with Crippen molar-refractivity contribution in [2.45, 2.75) is 50.4 Å². The van der Waals surface area contributed by atoms with Gasteiger partial charge in [0.2, 0.25) is 0 Å². The summed E-state index contributed by atoms with van der Waals surface area (Å²) in [6.07, 6.45) is 1.07. The molecular weight excluding hydrogens is 310 g/mol. The number of aliphatic hydroxyl groups is 1. The first-order valence-corrected chi connectivity index (χ1v) is 8.42. The molecule has 0 unspecified atom stereocenters. The minimum Gasteiger partial charge on any atom is -0.388 e. The number of aryl methyl sites for hydroxylation is 1. The van der Waals surface area contributed by atoms with Gasteiger partial charge in [-0.3, -0.25) is 9.59 Å². The molecular formula is C17H25N3O4. The Morgan fingerprint density at radius 3 is 2.71 bits per heavy atom. The van der Waals surface area contributed by atoms with Crippen molar-refractivity contribution in [3.63, 3.8) is 0 Å². The summed E-state index contributed by atoms with van der Waals surface area (Å²) in [5, 5.41) is 17.1. The fraction of sp³-hybridized carbons (Fsp3) is 0.647. The minimum atomic E-state index is -0.829. The summed E-state index contributed by atoms with van der Waals surface area (Å²) in [4.78, 5) is 27.2. The van der Waals surface area contributed by atoms with Crippen LogP contribution in [0.3, 0.4) is 0 Å². The summed E-state index contributed by atoms with van der Waals surface area (Å²) in [7, 11) is 0. The lowest BCUT2D eigenvalue weighted by atomic mass is 9.73. The van der Waals surface area contributed by atoms with E-state index in [1.807, 2.05) is 6.92 Å². The highest BCUT2D eigenvalue weighted by Gasteiger charge is 2.53. The predicted octanol–water partition coefficient (Wildman–Crippen LogP) is 0.0752. The van der Waals surface area contributed by atoms with Crippen LogP contribution in [0.5, 0.6) is 0 Å². The molecule has 132 valence electrons. The van der Waals surface area contributed by atoms with E-state index in [0.717, 1.165) is 13.1 Å². The van der Waals surface area contributed by atoms with Gasteiger partial charge >= 0.3 is 0 Å². The molecule has 2 fully saturated rings. The number of amides is 1. The van der Waals surface area contributed by atoms with Gasteiger partial charge in [0.15, 0.2) is 0 Å². The second kappa shape index (κ2) is 6.31. The second-order valence-electron chi connectivity index (χ2n) is 7.07. The number of aromatic nitrogens is 1. The molecule has 2 saturated heterocycles. The lowest BCUT2D eigenvalue weighted by Crippen LogP contribution is -2.69. The van der Waals surface area contributed by atoms with Crippen LogP contribution >= 0.6 is 0 Å². The van der Waals surface area contributed by atoms with Gasteiger partial charge < -0.3 is 25.5 Å². The van der Waals surface area contributed by atoms with Crippen molar-refractivity contribution in [1.29, 1.82) is 0 Å². The number of ether oxygens (including phenoxy) is 1. The van der Waals surface area contributed by atoms with E-state index in [2.05, 4.69) is 15.6 Å². The molecule has 7 heteroatoms. The summed E-state index contributed by atoms with van der Waals surface area (Å²) in [6.45, 7) is 5.60. The number of piperidine rings is 1. The third-order valence-electron chi connectivity index (χ3n) is 5.26. The summed E-state index contributed by atoms with van der Waals surface area (Å²) < 4.78 is 5.93. The van der Waals surface area contributed by atoms with Gasteiger partial charge in [-0.15, -0.1) is 0 Å². The number of carbonyl (C=O) groups is 1. The van der Waals surface area contributed by atoms with Gasteiger partial charge in [-0.1, -0.05) is 0 Å². The molecule has 0 aliphatic carbocycles. The third-order valence-corrected chi connectivity index (χ3v) is 5.26. The van der Waals surface area contributed by atoms with E-state index in [1.54, 1.807) is 13.0 Å². The molecule has 0 radical (unpaired) electrons. The maximum Gasteiger partial charge on any atom is 0.260 e. The normalized spacial score (nSPS) is 29.4. The highest BCUT2D eigenvalue weighted by Crippen LogP contribution is 2.38. The first kappa shape index (κ1) is 17.1. The largest absolute Gasteiger partial charge is 0.388 e. The Hall–Kier alpha value is -1.70. The molecule has 7 nitrogen and oxygen atoms in total. The molecule has 0 saturated carbocycles. The molecule has 0 aromatic carbocycles. The van der Waals surface area contributed by atoms with Gasteiger partial charge in [-0.2, -0.15) is 0 Å². The zero-order chi connectivity index (χ0) is 17.4. The smallest absolute Gasteiger partial charge is 0.260 e. The van der Waals surface area contributed by atoms with E-state index < -0.39 is 28.7 Å². The summed E-state index contributed by atoms with van der Waals surface area (Å²) in [5.41, 5.74) is -1.13. The standard InChI is InChI=1S/C17H25N3O4/c1-11-3-4-12(13(21)19-11)14(22)20-16(2)7-10-24-17(15(16)23)5-8-18-9-6-17/h3-4,15,18,23H,5-10H2,1-2H3,(H,19,21)(H,20,22)/t15-,16+/m0/s1. The maximum atomic E-state index is 12.6. The highest BCUT2D eigenvalue weighted by atomic mass is 16.5. The summed E-state index contributed by atoms with van der Waals surface area (Å²) in [5.74, 6) is -0.469. The van der Waals surface area contributed by atoms with Gasteiger partial charge in [-0.05, 0) is 58.3 Å². The Morgan fingerprint density at radius 2 is 2.04 bits per heavy atom. The SMILES string of the molecule is Cc1ccc(C(=O)N[C@]2(C)CCOC3(CCNCC3)[C@H]2O)c(=O)[nH]1. The number of nitrogens with one attached hydrogen (secondary N) is 3. The number of hydrogen-bond donors (Lipinski definition) is 4. The van der Waals surface area contributed by atoms with Crippen molar-refractivity contribution in [2.24, 2.45) is 0 Å². The average Bonchev–Trinajstić information content (AvgIpc) is 2.53. The van der Waals surface area contributed by atoms with Crippen LogP contribution in [-0.2, 0) is 4.74 Å². The summed E-state index contributed by atoms with van der Waals surface area (Å²) >= 11 is 0. The van der Waals surface area contributed by atoms with Crippen LogP contribution in [0.25, 0.3) is 0 Å². The van der Waals surface area contributed by atoms with E-state index in [0.29, 0.717) is 31.6 Å². The Morgan fingerprint density at radius 1 is 1.33 bits per heavy atom. The molecule has 1 aromatic rings. The van der Waals surface area contributed by atoms with Crippen molar-refractivity contribution >= 4 is 5.91 Å². The summed E-state index contributed by atoms with van der Waals surface area (Å²) in [6, 6.07) is 3.20. The topological polar surface area (TPSA) is 103 Å². The molecule has 3 heterocycles. The minimum absolute atomic E-state index is 0.0554. The number of aliphatic hydroxyl groups excluding tert-OH is 1. The number of H-pyrrole nitrogens is 1. The van der Waals surface area contributed by atoms with Gasteiger partial charge in [0.25, 0.3) is 11.5 Å². The van der Waals surface area contributed by atoms with Crippen LogP contribution in [0.4, 0.5) is 0 Å². The Balaban J connectivity index is 1.82. The zero-order valence-corrected chi connectivity index (χ0v) is 14.1. The third kappa shape index (κ3) is 2.99. The first-order valence-electron chi connectivity index (χ1n) is 8.42. The number of carbonyl (C=O) groups excluding carboxylic acids is 1. The van der Waals surface area contributed by atoms with E-state index in [-0.39, 0.29) is 5.56 Å². The van der Waals surface area contributed by atoms with Gasteiger partial charge in [0.05, 0.1) is 11.1 Å². The number of hydrogen-bond acceptors (Lipinski definition) is 5. The lowest BCUT2D eigenvalue weighted by Gasteiger charge is -2.52. The van der Waals surface area contributed by atoms with Gasteiger partial charge in [0.1, 0.15) is 11.7 Å². The van der Waals surface area contributed by atoms with Crippen LogP contribution in [0.1, 0.15) is 42.2 Å². The van der Waals surface area contributed by atoms with Crippen LogP contribution in [-0.4, -0.2) is 52.9 Å². The highest BCUT2D eigenvalue weighted by molar-refractivity contribution is 5.94. The van der Waals surface area contributed by atoms with Crippen molar-refractivity contribution in [1.82, 2.24) is 15.6 Å². The molecule has 4 N–H and O–H groups in total. The van der Waals surface area contributed by atoms with Crippen molar-refractivity contribution in [2.75, 3.05) is 19.7 Å². The van der Waals surface area contributed by atoms with E-state index >= 15 is 0 Å². The first-order chi connectivity index (χ1) is 11.4. The maximum absolute atomic E-state index is 12.6. The van der Waals surface area contributed by atoms with Gasteiger partial charge in [-0.25, -0.2) is 0 Å². The van der Waals surface area contributed by atoms with Crippen LogP contribution in [0.2, 0.25) is 0 Å². The Labute approximate surface area is 140 Å². The van der Waals surface area contributed by atoms with E-state index in [4.69, 9.17) is 4.74 Å². The molecule has 24 heavy (non-hydrogen) atoms. The molecule has 2 atom stereocenters. The number of rotatable bonds is 2. The monoisotopic (exact) mass is 335 g/mol. The van der Waals surface area contributed by atoms with Crippen LogP contribution in [0, 0.1) is 6.92 Å².